The Morgan fingerprint density at radius 3 is 1.56 bits per heavy atom. The van der Waals surface area contributed by atoms with Gasteiger partial charge in [0.1, 0.15) is 54.4 Å². The van der Waals surface area contributed by atoms with Gasteiger partial charge in [0.05, 0.1) is 38.6 Å². The molecular formula is C62H102N16O15S2. The van der Waals surface area contributed by atoms with Crippen LogP contribution in [0.5, 0.6) is 0 Å². The van der Waals surface area contributed by atoms with E-state index in [9.17, 15) is 72.5 Å². The van der Waals surface area contributed by atoms with E-state index in [1.54, 1.807) is 58.2 Å². The number of aliphatic hydroxyl groups excluding tert-OH is 1. The number of H-pyrrole nitrogens is 1. The van der Waals surface area contributed by atoms with E-state index in [2.05, 4.69) is 86.4 Å². The fourth-order valence-corrected chi connectivity index (χ4v) is 10.2. The normalized spacial score (nSPS) is 14.7. The second-order valence-corrected chi connectivity index (χ2v) is 25.8. The quantitative estimate of drug-likeness (QED) is 0.0237. The van der Waals surface area contributed by atoms with E-state index in [4.69, 9.17) is 11.5 Å². The summed E-state index contributed by atoms with van der Waals surface area (Å²) in [5, 5.41) is 49.3. The maximum absolute atomic E-state index is 14.1. The molecule has 532 valence electrons. The molecule has 2 aromatic rings. The summed E-state index contributed by atoms with van der Waals surface area (Å²) in [5.74, 6) is -11.4. The van der Waals surface area contributed by atoms with Crippen molar-refractivity contribution in [3.8, 4) is 0 Å². The highest BCUT2D eigenvalue weighted by molar-refractivity contribution is 7.98. The molecule has 2 rings (SSSR count). The zero-order valence-electron chi connectivity index (χ0n) is 55.8. The van der Waals surface area contributed by atoms with Crippen molar-refractivity contribution in [2.75, 3.05) is 50.5 Å². The SMILES string of the molecule is CC[C@H](C)[C@H](NC(=O)CNC(=O)[C@H](CC(C)C)NC(=O)[C@H](Cc1ccccc1)NC(=O)[C@@H](N)CC(C)C)C(=O)N[C@@H](Cc1cnc[nH]1)C(=O)NCC(=O)NCC(=O)N[C@@H](CCCCN)C(=O)N[C@@H](CCSC)C(=O)N[C@@H](CS)C(=O)N[C@@H](CC(C)C)C(=O)N[C@@H](CO)C(=O)O. The number of thioether (sulfide) groups is 1. The van der Waals surface area contributed by atoms with Crippen LogP contribution >= 0.6 is 24.4 Å². The lowest BCUT2D eigenvalue weighted by Crippen LogP contribution is -2.60. The van der Waals surface area contributed by atoms with Crippen molar-refractivity contribution in [1.82, 2.24) is 73.8 Å². The molecular weight excluding hydrogens is 1270 g/mol. The van der Waals surface area contributed by atoms with E-state index in [1.165, 1.54) is 24.3 Å². The number of carbonyl (C=O) groups excluding carboxylic acids is 12. The Morgan fingerprint density at radius 2 is 1.02 bits per heavy atom. The Balaban J connectivity index is 2.18. The van der Waals surface area contributed by atoms with Crippen molar-refractivity contribution in [3.05, 3.63) is 54.1 Å². The standard InChI is InChI=1S/C62H102N16O15S2/c1-10-37(8)52(78-51(82)30-68-54(84)43(23-35(4)5)73-59(89)45(25-38-16-12-11-13-17-38)72-53(83)40(64)22-34(2)3)61(91)75-46(26-39-27-65-33-69-39)55(85)67-28-49(80)66-29-50(81)70-41(18-14-15-20-63)56(86)71-42(19-21-95-9)57(87)77-48(32-94)60(90)74-44(24-36(6)7)58(88)76-47(31-79)62(92)93/h11-13,16-17,27,33-37,40-48,52,79,94H,10,14-15,18-26,28-32,63-64H2,1-9H3,(H,65,69)(H,66,80)(H,67,85)(H,68,84)(H,70,81)(H,71,86)(H,72,83)(H,73,89)(H,74,90)(H,75,91)(H,76,88)(H,77,87)(H,78,82)(H,92,93)/t37-,40-,41-,42-,43-,44-,45-,46-,47-,48-,52-/m0/s1. The highest BCUT2D eigenvalue weighted by Gasteiger charge is 2.35. The third-order valence-corrected chi connectivity index (χ3v) is 15.8. The number of aromatic nitrogens is 2. The van der Waals surface area contributed by atoms with Crippen LogP contribution in [-0.2, 0) is 75.2 Å². The molecule has 1 aromatic heterocycles. The molecule has 0 saturated heterocycles. The molecule has 1 heterocycles. The number of thiol groups is 1. The maximum Gasteiger partial charge on any atom is 0.328 e. The smallest absolute Gasteiger partial charge is 0.328 e. The number of aromatic amines is 1. The van der Waals surface area contributed by atoms with Gasteiger partial charge in [-0.1, -0.05) is 92.1 Å². The second-order valence-electron chi connectivity index (χ2n) is 24.4. The molecule has 33 heteroatoms. The highest BCUT2D eigenvalue weighted by Crippen LogP contribution is 2.14. The predicted molar refractivity (Wildman–Crippen MR) is 359 cm³/mol. The van der Waals surface area contributed by atoms with E-state index < -0.39 is 169 Å². The Labute approximate surface area is 565 Å². The van der Waals surface area contributed by atoms with E-state index in [0.29, 0.717) is 37.1 Å². The van der Waals surface area contributed by atoms with Gasteiger partial charge in [0.25, 0.3) is 0 Å². The Bertz CT molecular complexity index is 2800. The number of carbonyl (C=O) groups is 13. The van der Waals surface area contributed by atoms with Crippen molar-refractivity contribution in [2.45, 2.75) is 180 Å². The third-order valence-electron chi connectivity index (χ3n) is 14.8. The van der Waals surface area contributed by atoms with E-state index >= 15 is 0 Å². The minimum absolute atomic E-state index is 0.0487. The molecule has 95 heavy (non-hydrogen) atoms. The van der Waals surface area contributed by atoms with E-state index in [0.717, 1.165) is 5.56 Å². The monoisotopic (exact) mass is 1370 g/mol. The molecule has 0 saturated carbocycles. The number of carboxylic acid groups (broad SMARTS) is 1. The summed E-state index contributed by atoms with van der Waals surface area (Å²) in [6, 6.07) is -3.56. The number of aliphatic carboxylic acids is 1. The summed E-state index contributed by atoms with van der Waals surface area (Å²) >= 11 is 5.58. The number of aliphatic hydroxyl groups is 1. The summed E-state index contributed by atoms with van der Waals surface area (Å²) < 4.78 is 0. The van der Waals surface area contributed by atoms with Gasteiger partial charge < -0.3 is 90.5 Å². The molecule has 1 aromatic carbocycles. The molecule has 19 N–H and O–H groups in total. The molecule has 0 fully saturated rings. The summed E-state index contributed by atoms with van der Waals surface area (Å²) in [6.45, 7) is 11.8. The van der Waals surface area contributed by atoms with E-state index in [1.807, 2.05) is 33.8 Å². The molecule has 0 radical (unpaired) electrons. The van der Waals surface area contributed by atoms with Gasteiger partial charge in [-0.2, -0.15) is 24.4 Å². The number of benzene rings is 1. The van der Waals surface area contributed by atoms with Crippen LogP contribution in [0.25, 0.3) is 0 Å². The van der Waals surface area contributed by atoms with Crippen LogP contribution in [0.2, 0.25) is 0 Å². The van der Waals surface area contributed by atoms with Crippen molar-refractivity contribution in [1.29, 1.82) is 0 Å². The largest absolute Gasteiger partial charge is 0.480 e. The zero-order valence-corrected chi connectivity index (χ0v) is 57.5. The first-order valence-electron chi connectivity index (χ1n) is 31.9. The summed E-state index contributed by atoms with van der Waals surface area (Å²) in [4.78, 5) is 182. The number of unbranched alkanes of at least 4 members (excludes halogenated alkanes) is 1. The molecule has 12 amide bonds. The number of hydrogen-bond donors (Lipinski definition) is 18. The van der Waals surface area contributed by atoms with Crippen molar-refractivity contribution >= 4 is 101 Å². The average Bonchev–Trinajstić information content (AvgIpc) is 1.33. The molecule has 11 atom stereocenters. The zero-order chi connectivity index (χ0) is 71.3. The van der Waals surface area contributed by atoms with Crippen molar-refractivity contribution in [2.24, 2.45) is 35.1 Å². The number of amides is 12. The first-order valence-corrected chi connectivity index (χ1v) is 33.9. The summed E-state index contributed by atoms with van der Waals surface area (Å²) in [7, 11) is 0. The molecule has 0 bridgehead atoms. The van der Waals surface area contributed by atoms with Gasteiger partial charge in [0.15, 0.2) is 0 Å². The van der Waals surface area contributed by atoms with Gasteiger partial charge in [0.2, 0.25) is 70.9 Å². The minimum atomic E-state index is -1.64. The second kappa shape index (κ2) is 44.7. The van der Waals surface area contributed by atoms with Crippen LogP contribution < -0.4 is 75.3 Å². The molecule has 0 unspecified atom stereocenters. The number of nitrogens with two attached hydrogens (primary N) is 2. The third kappa shape index (κ3) is 32.4. The summed E-state index contributed by atoms with van der Waals surface area (Å²) in [5.41, 5.74) is 13.0. The van der Waals surface area contributed by atoms with Gasteiger partial charge in [-0.05, 0) is 92.7 Å². The van der Waals surface area contributed by atoms with Crippen LogP contribution in [0.3, 0.4) is 0 Å². The van der Waals surface area contributed by atoms with Crippen molar-refractivity contribution in [3.63, 3.8) is 0 Å². The topological polar surface area (TPSA) is 487 Å². The Kier molecular flexibility index (Phi) is 39.2. The van der Waals surface area contributed by atoms with Crippen LogP contribution in [0.4, 0.5) is 0 Å². The molecule has 0 aliphatic rings. The maximum atomic E-state index is 14.1. The Morgan fingerprint density at radius 1 is 0.547 bits per heavy atom. The minimum Gasteiger partial charge on any atom is -0.480 e. The number of hydrogen-bond acceptors (Lipinski definition) is 19. The molecule has 0 aliphatic carbocycles. The van der Waals surface area contributed by atoms with Gasteiger partial charge >= 0.3 is 5.97 Å². The lowest BCUT2D eigenvalue weighted by Gasteiger charge is -2.27. The lowest BCUT2D eigenvalue weighted by atomic mass is 9.97. The van der Waals surface area contributed by atoms with Crippen LogP contribution in [0.1, 0.15) is 118 Å². The van der Waals surface area contributed by atoms with Crippen LogP contribution in [0.15, 0.2) is 42.9 Å². The first-order chi connectivity index (χ1) is 45.0. The molecule has 31 nitrogen and oxygen atoms in total. The lowest BCUT2D eigenvalue weighted by molar-refractivity contribution is -0.143. The van der Waals surface area contributed by atoms with E-state index in [-0.39, 0.29) is 68.6 Å². The number of nitrogens with one attached hydrogen (secondary N) is 13. The number of rotatable bonds is 46. The average molecular weight is 1380 g/mol. The Hall–Kier alpha value is -7.88. The van der Waals surface area contributed by atoms with Crippen LogP contribution in [-0.4, -0.2) is 208 Å². The number of imidazole rings is 1. The number of carboxylic acids is 1. The fraction of sp³-hybridized carbons (Fsp3) is 0.645. The predicted octanol–water partition coefficient (Wildman–Crippen LogP) is -2.69. The number of nitrogens with zero attached hydrogens (tertiary/aromatic N) is 1. The summed E-state index contributed by atoms with van der Waals surface area (Å²) in [6.07, 6.45) is 6.33. The van der Waals surface area contributed by atoms with Crippen molar-refractivity contribution < 1.29 is 72.5 Å². The van der Waals surface area contributed by atoms with Crippen LogP contribution in [0, 0.1) is 23.7 Å². The van der Waals surface area contributed by atoms with Gasteiger partial charge in [0, 0.05) is 30.5 Å². The first kappa shape index (κ1) is 83.2. The van der Waals surface area contributed by atoms with Gasteiger partial charge in [-0.25, -0.2) is 9.78 Å². The fourth-order valence-electron chi connectivity index (χ4n) is 9.45. The molecule has 0 aliphatic heterocycles. The molecule has 0 spiro atoms. The van der Waals surface area contributed by atoms with Gasteiger partial charge in [-0.3, -0.25) is 57.5 Å². The highest BCUT2D eigenvalue weighted by atomic mass is 32.2. The van der Waals surface area contributed by atoms with Gasteiger partial charge in [-0.15, -0.1) is 0 Å².